The molecule has 1 heterocycles. The summed E-state index contributed by atoms with van der Waals surface area (Å²) in [6, 6.07) is 0. The first-order valence-corrected chi connectivity index (χ1v) is 3.53. The summed E-state index contributed by atoms with van der Waals surface area (Å²) in [7, 11) is 0. The molecule has 1 aliphatic rings. The van der Waals surface area contributed by atoms with Crippen LogP contribution in [0.25, 0.3) is 0 Å². The van der Waals surface area contributed by atoms with Gasteiger partial charge in [0.2, 0.25) is 0 Å². The van der Waals surface area contributed by atoms with Gasteiger partial charge in [0.05, 0.1) is 11.9 Å². The number of thiol groups is 1. The van der Waals surface area contributed by atoms with Gasteiger partial charge >= 0.3 is 0 Å². The highest BCUT2D eigenvalue weighted by Gasteiger charge is 2.04. The van der Waals surface area contributed by atoms with Crippen molar-refractivity contribution < 1.29 is 0 Å². The Bertz CT molecular complexity index is 121. The van der Waals surface area contributed by atoms with Gasteiger partial charge < -0.3 is 10.6 Å². The van der Waals surface area contributed by atoms with Crippen molar-refractivity contribution in [3.63, 3.8) is 0 Å². The minimum atomic E-state index is 0.175. The van der Waals surface area contributed by atoms with Crippen molar-refractivity contribution >= 4 is 18.6 Å². The number of hydrogen-bond acceptors (Lipinski definition) is 4. The smallest absolute Gasteiger partial charge is 0.192 e. The molecular formula is C5H11N3S. The van der Waals surface area contributed by atoms with Gasteiger partial charge in [-0.2, -0.15) is 12.6 Å². The van der Waals surface area contributed by atoms with Crippen molar-refractivity contribution in [1.29, 1.82) is 0 Å². The van der Waals surface area contributed by atoms with Crippen LogP contribution in [0.15, 0.2) is 4.99 Å². The van der Waals surface area contributed by atoms with Crippen LogP contribution in [-0.2, 0) is 0 Å². The third-order valence-corrected chi connectivity index (χ3v) is 1.15. The lowest BCUT2D eigenvalue weighted by molar-refractivity contribution is 0.862. The van der Waals surface area contributed by atoms with Crippen LogP contribution in [0.2, 0.25) is 0 Å². The molecule has 1 atom stereocenters. The number of rotatable bonds is 1. The second kappa shape index (κ2) is 2.96. The molecule has 0 saturated carbocycles. The predicted molar refractivity (Wildman–Crippen MR) is 41.9 cm³/mol. The molecule has 0 radical (unpaired) electrons. The molecule has 52 valence electrons. The Balaban J connectivity index is 2.26. The van der Waals surface area contributed by atoms with Crippen LogP contribution in [0.4, 0.5) is 0 Å². The van der Waals surface area contributed by atoms with Gasteiger partial charge in [0, 0.05) is 6.54 Å². The first-order valence-electron chi connectivity index (χ1n) is 3.02. The molecule has 0 spiro atoms. The zero-order valence-corrected chi connectivity index (χ0v) is 6.28. The van der Waals surface area contributed by atoms with E-state index in [-0.39, 0.29) is 5.37 Å². The average molecular weight is 145 g/mol. The number of guanidine groups is 1. The fourth-order valence-corrected chi connectivity index (χ4v) is 0.815. The predicted octanol–water partition coefficient (Wildman–Crippen LogP) is -0.189. The Morgan fingerprint density at radius 1 is 1.89 bits per heavy atom. The molecule has 0 bridgehead atoms. The molecule has 1 aliphatic heterocycles. The Labute approximate surface area is 60.3 Å². The van der Waals surface area contributed by atoms with Crippen molar-refractivity contribution in [2.24, 2.45) is 4.99 Å². The molecule has 3 nitrogen and oxygen atoms in total. The lowest BCUT2D eigenvalue weighted by Gasteiger charge is -2.07. The summed E-state index contributed by atoms with van der Waals surface area (Å²) in [6.07, 6.45) is 0. The summed E-state index contributed by atoms with van der Waals surface area (Å²) in [5.74, 6) is 0.873. The Morgan fingerprint density at radius 3 is 3.11 bits per heavy atom. The minimum Gasteiger partial charge on any atom is -0.355 e. The topological polar surface area (TPSA) is 36.4 Å². The van der Waals surface area contributed by atoms with Crippen LogP contribution < -0.4 is 10.6 Å². The van der Waals surface area contributed by atoms with Crippen molar-refractivity contribution in [1.82, 2.24) is 10.6 Å². The highest BCUT2D eigenvalue weighted by atomic mass is 32.1. The minimum absolute atomic E-state index is 0.175. The van der Waals surface area contributed by atoms with Gasteiger partial charge in [-0.25, -0.2) is 0 Å². The fraction of sp³-hybridized carbons (Fsp3) is 0.800. The van der Waals surface area contributed by atoms with E-state index in [0.29, 0.717) is 0 Å². The van der Waals surface area contributed by atoms with Crippen LogP contribution in [0.1, 0.15) is 6.92 Å². The molecular weight excluding hydrogens is 134 g/mol. The second-order valence-electron chi connectivity index (χ2n) is 1.98. The fourth-order valence-electron chi connectivity index (χ4n) is 0.692. The van der Waals surface area contributed by atoms with E-state index in [1.807, 2.05) is 6.92 Å². The maximum absolute atomic E-state index is 4.14. The van der Waals surface area contributed by atoms with Crippen LogP contribution in [-0.4, -0.2) is 24.4 Å². The third kappa shape index (κ3) is 2.13. The molecule has 9 heavy (non-hydrogen) atoms. The SMILES string of the molecule is CC(S)NC1=NCCN1. The van der Waals surface area contributed by atoms with Crippen molar-refractivity contribution in [2.75, 3.05) is 13.1 Å². The van der Waals surface area contributed by atoms with Crippen molar-refractivity contribution in [3.8, 4) is 0 Å². The van der Waals surface area contributed by atoms with Gasteiger partial charge in [0.25, 0.3) is 0 Å². The summed E-state index contributed by atoms with van der Waals surface area (Å²) in [5, 5.41) is 6.30. The molecule has 0 amide bonds. The van der Waals surface area contributed by atoms with E-state index in [0.717, 1.165) is 19.0 Å². The van der Waals surface area contributed by atoms with Gasteiger partial charge in [-0.15, -0.1) is 0 Å². The Kier molecular flexibility index (Phi) is 2.22. The van der Waals surface area contributed by atoms with E-state index in [2.05, 4.69) is 28.3 Å². The number of hydrogen-bond donors (Lipinski definition) is 3. The van der Waals surface area contributed by atoms with E-state index in [4.69, 9.17) is 0 Å². The molecule has 1 unspecified atom stereocenters. The van der Waals surface area contributed by atoms with Gasteiger partial charge in [-0.3, -0.25) is 4.99 Å². The first-order chi connectivity index (χ1) is 4.29. The summed E-state index contributed by atoms with van der Waals surface area (Å²) < 4.78 is 0. The summed E-state index contributed by atoms with van der Waals surface area (Å²) >= 11 is 4.14. The van der Waals surface area contributed by atoms with E-state index >= 15 is 0 Å². The van der Waals surface area contributed by atoms with E-state index < -0.39 is 0 Å². The van der Waals surface area contributed by atoms with Crippen molar-refractivity contribution in [2.45, 2.75) is 12.3 Å². The monoisotopic (exact) mass is 145 g/mol. The van der Waals surface area contributed by atoms with Crippen molar-refractivity contribution in [3.05, 3.63) is 0 Å². The molecule has 1 rings (SSSR count). The second-order valence-corrected chi connectivity index (χ2v) is 2.75. The zero-order chi connectivity index (χ0) is 6.69. The number of nitrogens with one attached hydrogen (secondary N) is 2. The highest BCUT2D eigenvalue weighted by molar-refractivity contribution is 7.80. The van der Waals surface area contributed by atoms with Gasteiger partial charge in [-0.05, 0) is 6.92 Å². The first kappa shape index (κ1) is 6.74. The maximum Gasteiger partial charge on any atom is 0.192 e. The molecule has 0 fully saturated rings. The lowest BCUT2D eigenvalue weighted by Crippen LogP contribution is -2.37. The lowest BCUT2D eigenvalue weighted by atomic mass is 10.7. The Morgan fingerprint density at radius 2 is 2.67 bits per heavy atom. The molecule has 0 saturated heterocycles. The molecule has 4 heteroatoms. The van der Waals surface area contributed by atoms with Crippen LogP contribution in [0.5, 0.6) is 0 Å². The molecule has 0 aliphatic carbocycles. The van der Waals surface area contributed by atoms with E-state index in [1.165, 1.54) is 0 Å². The normalized spacial score (nSPS) is 20.4. The molecule has 0 aromatic heterocycles. The van der Waals surface area contributed by atoms with E-state index in [9.17, 15) is 0 Å². The average Bonchev–Trinajstić information content (AvgIpc) is 2.15. The molecule has 0 aromatic rings. The zero-order valence-electron chi connectivity index (χ0n) is 5.39. The number of nitrogens with zero attached hydrogens (tertiary/aromatic N) is 1. The van der Waals surface area contributed by atoms with Crippen LogP contribution in [0, 0.1) is 0 Å². The maximum atomic E-state index is 4.14. The van der Waals surface area contributed by atoms with Gasteiger partial charge in [0.15, 0.2) is 5.96 Å². The van der Waals surface area contributed by atoms with Crippen LogP contribution >= 0.6 is 12.6 Å². The summed E-state index contributed by atoms with van der Waals surface area (Å²) in [5.41, 5.74) is 0. The standard InChI is InChI=1S/C5H11N3S/c1-4(9)8-5-6-2-3-7-5/h4,9H,2-3H2,1H3,(H2,6,7,8). The third-order valence-electron chi connectivity index (χ3n) is 1.02. The molecule has 2 N–H and O–H groups in total. The summed E-state index contributed by atoms with van der Waals surface area (Å²) in [4.78, 5) is 4.12. The van der Waals surface area contributed by atoms with Gasteiger partial charge in [0.1, 0.15) is 0 Å². The number of aliphatic imine (C=N–C) groups is 1. The molecule has 0 aromatic carbocycles. The summed E-state index contributed by atoms with van der Waals surface area (Å²) in [6.45, 7) is 3.79. The Hall–Kier alpha value is -0.380. The quantitative estimate of drug-likeness (QED) is 0.353. The largest absolute Gasteiger partial charge is 0.355 e. The van der Waals surface area contributed by atoms with Gasteiger partial charge in [-0.1, -0.05) is 0 Å². The van der Waals surface area contributed by atoms with E-state index in [1.54, 1.807) is 0 Å². The highest BCUT2D eigenvalue weighted by Crippen LogP contribution is 1.88. The van der Waals surface area contributed by atoms with Crippen LogP contribution in [0.3, 0.4) is 0 Å².